The first-order valence-corrected chi connectivity index (χ1v) is 9.40. The van der Waals surface area contributed by atoms with Crippen molar-refractivity contribution in [3.8, 4) is 11.8 Å². The number of pyridine rings is 1. The first-order chi connectivity index (χ1) is 12.7. The number of nitrogens with one attached hydrogen (secondary N) is 1. The fourth-order valence-corrected chi connectivity index (χ4v) is 2.71. The molecule has 0 atom stereocenters. The number of carboxylic acid groups (broad SMARTS) is 1. The molecule has 8 nitrogen and oxygen atoms in total. The van der Waals surface area contributed by atoms with Crippen molar-refractivity contribution in [2.75, 3.05) is 11.9 Å². The minimum atomic E-state index is -0.977. The molecule has 2 heterocycles. The third-order valence-corrected chi connectivity index (χ3v) is 3.87. The quantitative estimate of drug-likeness (QED) is 0.673. The molecule has 0 aliphatic heterocycles. The van der Waals surface area contributed by atoms with Crippen LogP contribution in [0.3, 0.4) is 0 Å². The number of hydrogen-bond donors (Lipinski definition) is 2. The molecule has 2 N–H and O–H groups in total. The zero-order valence-corrected chi connectivity index (χ0v) is 16.5. The maximum Gasteiger partial charge on any atom is 0.309 e. The van der Waals surface area contributed by atoms with Crippen LogP contribution in [0, 0.1) is 5.92 Å². The van der Waals surface area contributed by atoms with Gasteiger partial charge in [-0.05, 0) is 19.8 Å². The van der Waals surface area contributed by atoms with Gasteiger partial charge in [-0.1, -0.05) is 13.8 Å². The smallest absolute Gasteiger partial charge is 0.309 e. The molecule has 9 heteroatoms. The lowest BCUT2D eigenvalue weighted by Gasteiger charge is -2.13. The van der Waals surface area contributed by atoms with Crippen molar-refractivity contribution >= 4 is 28.3 Å². The molecule has 0 aromatic carbocycles. The monoisotopic (exact) mass is 393 g/mol. The van der Waals surface area contributed by atoms with E-state index in [2.05, 4.69) is 15.3 Å². The molecule has 0 saturated carbocycles. The number of carbonyl (C=O) groups is 2. The summed E-state index contributed by atoms with van der Waals surface area (Å²) in [6, 6.07) is 3.07. The van der Waals surface area contributed by atoms with Crippen molar-refractivity contribution in [1.29, 1.82) is 0 Å². The van der Waals surface area contributed by atoms with E-state index in [9.17, 15) is 9.59 Å². The number of thiazole rings is 1. The first-order valence-electron chi connectivity index (χ1n) is 8.52. The zero-order valence-electron chi connectivity index (χ0n) is 15.7. The lowest BCUT2D eigenvalue weighted by atomic mass is 10.2. The SMILES string of the molecule is CC(C)COc1cc(C(=O)Nc2nc(CC(=O)O)cs2)cc(OC(C)C)n1. The Hall–Kier alpha value is -2.68. The van der Waals surface area contributed by atoms with Gasteiger partial charge >= 0.3 is 5.97 Å². The van der Waals surface area contributed by atoms with Gasteiger partial charge < -0.3 is 14.6 Å². The number of carboxylic acids is 1. The van der Waals surface area contributed by atoms with E-state index in [1.165, 1.54) is 12.1 Å². The Morgan fingerprint density at radius 2 is 1.89 bits per heavy atom. The molecule has 0 fully saturated rings. The highest BCUT2D eigenvalue weighted by molar-refractivity contribution is 7.14. The van der Waals surface area contributed by atoms with Crippen LogP contribution in [-0.4, -0.2) is 39.7 Å². The molecule has 2 rings (SSSR count). The summed E-state index contributed by atoms with van der Waals surface area (Å²) >= 11 is 1.16. The second-order valence-corrected chi connectivity index (χ2v) is 7.43. The summed E-state index contributed by atoms with van der Waals surface area (Å²) < 4.78 is 11.2. The molecule has 2 aromatic rings. The molecule has 1 amide bonds. The van der Waals surface area contributed by atoms with Crippen molar-refractivity contribution in [2.45, 2.75) is 40.2 Å². The Morgan fingerprint density at radius 3 is 2.52 bits per heavy atom. The van der Waals surface area contributed by atoms with Gasteiger partial charge in [-0.25, -0.2) is 4.98 Å². The van der Waals surface area contributed by atoms with Crippen molar-refractivity contribution in [3.05, 3.63) is 28.8 Å². The number of aliphatic carboxylic acids is 1. The minimum Gasteiger partial charge on any atom is -0.481 e. The number of anilines is 1. The highest BCUT2D eigenvalue weighted by Crippen LogP contribution is 2.22. The molecule has 0 unspecified atom stereocenters. The third kappa shape index (κ3) is 6.86. The Bertz CT molecular complexity index is 804. The van der Waals surface area contributed by atoms with E-state index in [-0.39, 0.29) is 12.5 Å². The maximum absolute atomic E-state index is 12.6. The van der Waals surface area contributed by atoms with Crippen LogP contribution in [0.25, 0.3) is 0 Å². The van der Waals surface area contributed by atoms with Gasteiger partial charge in [0.15, 0.2) is 5.13 Å². The molecule has 0 aliphatic rings. The molecule has 0 saturated heterocycles. The standard InChI is InChI=1S/C18H23N3O5S/c1-10(2)8-25-14-5-12(6-15(20-14)26-11(3)4)17(24)21-18-19-13(9-27-18)7-16(22)23/h5-6,9-11H,7-8H2,1-4H3,(H,22,23)(H,19,21,24). The van der Waals surface area contributed by atoms with Crippen LogP contribution < -0.4 is 14.8 Å². The predicted octanol–water partition coefficient (Wildman–Crippen LogP) is 3.24. The predicted molar refractivity (Wildman–Crippen MR) is 102 cm³/mol. The van der Waals surface area contributed by atoms with E-state index in [1.54, 1.807) is 5.38 Å². The Morgan fingerprint density at radius 1 is 1.19 bits per heavy atom. The van der Waals surface area contributed by atoms with E-state index < -0.39 is 11.9 Å². The van der Waals surface area contributed by atoms with Crippen LogP contribution in [0.4, 0.5) is 5.13 Å². The van der Waals surface area contributed by atoms with E-state index in [4.69, 9.17) is 14.6 Å². The van der Waals surface area contributed by atoms with Crippen LogP contribution >= 0.6 is 11.3 Å². The summed E-state index contributed by atoms with van der Waals surface area (Å²) in [5.41, 5.74) is 0.705. The fourth-order valence-electron chi connectivity index (χ4n) is 2.01. The lowest BCUT2D eigenvalue weighted by molar-refractivity contribution is -0.136. The summed E-state index contributed by atoms with van der Waals surface area (Å²) in [7, 11) is 0. The molecule has 0 bridgehead atoms. The zero-order chi connectivity index (χ0) is 20.0. The minimum absolute atomic E-state index is 0.105. The summed E-state index contributed by atoms with van der Waals surface area (Å²) in [6.07, 6.45) is -0.299. The van der Waals surface area contributed by atoms with E-state index in [0.29, 0.717) is 40.7 Å². The van der Waals surface area contributed by atoms with E-state index >= 15 is 0 Å². The average Bonchev–Trinajstić information content (AvgIpc) is 2.98. The number of hydrogen-bond acceptors (Lipinski definition) is 7. The van der Waals surface area contributed by atoms with Gasteiger partial charge in [-0.15, -0.1) is 11.3 Å². The lowest BCUT2D eigenvalue weighted by Crippen LogP contribution is -2.15. The Labute approximate surface area is 161 Å². The number of nitrogens with zero attached hydrogens (tertiary/aromatic N) is 2. The molecule has 0 radical (unpaired) electrons. The third-order valence-electron chi connectivity index (χ3n) is 3.07. The molecule has 0 aliphatic carbocycles. The second kappa shape index (κ2) is 9.31. The van der Waals surface area contributed by atoms with Crippen molar-refractivity contribution in [2.24, 2.45) is 5.92 Å². The largest absolute Gasteiger partial charge is 0.481 e. The Balaban J connectivity index is 2.18. The molecule has 0 spiro atoms. The fraction of sp³-hybridized carbons (Fsp3) is 0.444. The average molecular weight is 393 g/mol. The molecular weight excluding hydrogens is 370 g/mol. The first kappa shape index (κ1) is 20.6. The highest BCUT2D eigenvalue weighted by Gasteiger charge is 2.15. The van der Waals surface area contributed by atoms with Crippen molar-refractivity contribution in [3.63, 3.8) is 0 Å². The van der Waals surface area contributed by atoms with Crippen molar-refractivity contribution in [1.82, 2.24) is 9.97 Å². The van der Waals surface area contributed by atoms with Crippen LogP contribution in [-0.2, 0) is 11.2 Å². The molecule has 27 heavy (non-hydrogen) atoms. The van der Waals surface area contributed by atoms with E-state index in [0.717, 1.165) is 11.3 Å². The van der Waals surface area contributed by atoms with Gasteiger partial charge in [-0.3, -0.25) is 14.9 Å². The van der Waals surface area contributed by atoms with Gasteiger partial charge in [0.1, 0.15) is 0 Å². The van der Waals surface area contributed by atoms with Gasteiger partial charge in [0.2, 0.25) is 11.8 Å². The van der Waals surface area contributed by atoms with E-state index in [1.807, 2.05) is 27.7 Å². The number of amides is 1. The van der Waals surface area contributed by atoms with Gasteiger partial charge in [0.25, 0.3) is 5.91 Å². The summed E-state index contributed by atoms with van der Waals surface area (Å²) in [6.45, 7) is 8.22. The number of carbonyl (C=O) groups excluding carboxylic acids is 1. The summed E-state index contributed by atoms with van der Waals surface area (Å²) in [5, 5.41) is 13.4. The normalized spacial score (nSPS) is 10.9. The van der Waals surface area contributed by atoms with Crippen LogP contribution in [0.15, 0.2) is 17.5 Å². The van der Waals surface area contributed by atoms with Gasteiger partial charge in [0, 0.05) is 17.5 Å². The highest BCUT2D eigenvalue weighted by atomic mass is 32.1. The number of rotatable bonds is 9. The van der Waals surface area contributed by atoms with Crippen LogP contribution in [0.2, 0.25) is 0 Å². The van der Waals surface area contributed by atoms with Gasteiger partial charge in [-0.2, -0.15) is 4.98 Å². The number of aromatic nitrogens is 2. The van der Waals surface area contributed by atoms with Crippen LogP contribution in [0.5, 0.6) is 11.8 Å². The summed E-state index contributed by atoms with van der Waals surface area (Å²) in [4.78, 5) is 31.7. The van der Waals surface area contributed by atoms with Gasteiger partial charge in [0.05, 0.1) is 30.4 Å². The Kier molecular flexibility index (Phi) is 7.12. The maximum atomic E-state index is 12.6. The molecular formula is C18H23N3O5S. The number of ether oxygens (including phenoxy) is 2. The van der Waals surface area contributed by atoms with Crippen LogP contribution in [0.1, 0.15) is 43.7 Å². The topological polar surface area (TPSA) is 111 Å². The molecule has 2 aromatic heterocycles. The van der Waals surface area contributed by atoms with Crippen molar-refractivity contribution < 1.29 is 24.2 Å². The second-order valence-electron chi connectivity index (χ2n) is 6.57. The molecule has 146 valence electrons. The summed E-state index contributed by atoms with van der Waals surface area (Å²) in [5.74, 6) is -0.479.